The van der Waals surface area contributed by atoms with Crippen molar-refractivity contribution in [3.8, 4) is 0 Å². The van der Waals surface area contributed by atoms with Crippen LogP contribution in [0.1, 0.15) is 118 Å². The number of ketones is 1. The maximum absolute atomic E-state index is 12.9. The van der Waals surface area contributed by atoms with Gasteiger partial charge in [-0.1, -0.05) is 62.8 Å². The number of hydrogen-bond acceptors (Lipinski definition) is 5. The Kier molecular flexibility index (Phi) is 14.6. The Hall–Kier alpha value is -1.53. The van der Waals surface area contributed by atoms with Gasteiger partial charge in [-0.2, -0.15) is 0 Å². The van der Waals surface area contributed by atoms with Gasteiger partial charge in [-0.3, -0.25) is 4.79 Å². The number of hydrogen-bond donors (Lipinski definition) is 4. The van der Waals surface area contributed by atoms with E-state index in [4.69, 9.17) is 11.5 Å². The lowest BCUT2D eigenvalue weighted by molar-refractivity contribution is -0.121. The fraction of sp³-hybridized carbons (Fsp3) is 0.743. The molecule has 5 nitrogen and oxygen atoms in total. The van der Waals surface area contributed by atoms with Crippen molar-refractivity contribution in [2.45, 2.75) is 141 Å². The number of aliphatic hydroxyl groups excluding tert-OH is 2. The van der Waals surface area contributed by atoms with Crippen molar-refractivity contribution < 1.29 is 15.0 Å². The summed E-state index contributed by atoms with van der Waals surface area (Å²) in [5, 5.41) is 19.6. The highest BCUT2D eigenvalue weighted by molar-refractivity contribution is 5.82. The smallest absolute Gasteiger partial charge is 0.139 e. The zero-order valence-electron chi connectivity index (χ0n) is 26.0. The molecule has 0 aromatic rings. The molecule has 40 heavy (non-hydrogen) atoms. The monoisotopic (exact) mass is 556 g/mol. The summed E-state index contributed by atoms with van der Waals surface area (Å²) in [7, 11) is 0. The van der Waals surface area contributed by atoms with Gasteiger partial charge >= 0.3 is 0 Å². The summed E-state index contributed by atoms with van der Waals surface area (Å²) in [6.07, 6.45) is 17.9. The largest absolute Gasteiger partial charge is 0.390 e. The van der Waals surface area contributed by atoms with E-state index in [9.17, 15) is 15.0 Å². The molecule has 228 valence electrons. The van der Waals surface area contributed by atoms with E-state index in [-0.39, 0.29) is 12.0 Å². The lowest BCUT2D eigenvalue weighted by Gasteiger charge is -2.46. The van der Waals surface area contributed by atoms with Crippen LogP contribution in [0.3, 0.4) is 0 Å². The van der Waals surface area contributed by atoms with E-state index in [0.29, 0.717) is 42.8 Å². The molecule has 0 aliphatic heterocycles. The fourth-order valence-corrected chi connectivity index (χ4v) is 6.91. The minimum absolute atomic E-state index is 0.0165. The fourth-order valence-electron chi connectivity index (χ4n) is 6.91. The summed E-state index contributed by atoms with van der Waals surface area (Å²) >= 11 is 0. The van der Waals surface area contributed by atoms with E-state index in [1.807, 2.05) is 0 Å². The molecule has 2 fully saturated rings. The van der Waals surface area contributed by atoms with Gasteiger partial charge in [-0.15, -0.1) is 0 Å². The molecule has 2 saturated carbocycles. The normalized spacial score (nSPS) is 32.5. The second-order valence-corrected chi connectivity index (χ2v) is 13.2. The first-order chi connectivity index (χ1) is 18.9. The maximum atomic E-state index is 12.9. The predicted molar refractivity (Wildman–Crippen MR) is 169 cm³/mol. The highest BCUT2D eigenvalue weighted by atomic mass is 16.3. The van der Waals surface area contributed by atoms with Crippen LogP contribution in [0.5, 0.6) is 0 Å². The number of aliphatic hydroxyl groups is 2. The van der Waals surface area contributed by atoms with Crippen molar-refractivity contribution in [3.05, 3.63) is 48.1 Å². The van der Waals surface area contributed by atoms with Crippen LogP contribution in [0.2, 0.25) is 0 Å². The van der Waals surface area contributed by atoms with Crippen LogP contribution in [0.25, 0.3) is 0 Å². The van der Waals surface area contributed by atoms with Crippen LogP contribution >= 0.6 is 0 Å². The molecule has 0 aromatic carbocycles. The summed E-state index contributed by atoms with van der Waals surface area (Å²) in [5.41, 5.74) is 16.5. The van der Waals surface area contributed by atoms with Crippen LogP contribution < -0.4 is 11.5 Å². The van der Waals surface area contributed by atoms with Gasteiger partial charge < -0.3 is 21.7 Å². The molecule has 0 spiro atoms. The van der Waals surface area contributed by atoms with Crippen molar-refractivity contribution in [3.63, 3.8) is 0 Å². The van der Waals surface area contributed by atoms with E-state index < -0.39 is 17.7 Å². The first kappa shape index (κ1) is 34.7. The van der Waals surface area contributed by atoms with Crippen molar-refractivity contribution in [2.24, 2.45) is 35.1 Å². The van der Waals surface area contributed by atoms with Crippen LogP contribution in [0, 0.1) is 23.7 Å². The highest BCUT2D eigenvalue weighted by Crippen LogP contribution is 2.41. The molecular formula is C35H60N2O3. The lowest BCUT2D eigenvalue weighted by atomic mass is 9.64. The van der Waals surface area contributed by atoms with Crippen molar-refractivity contribution in [1.82, 2.24) is 0 Å². The molecule has 0 heterocycles. The Balaban J connectivity index is 1.71. The quantitative estimate of drug-likeness (QED) is 0.0936. The first-order valence-electron chi connectivity index (χ1n) is 16.0. The number of allylic oxidation sites excluding steroid dienone is 4. The summed E-state index contributed by atoms with van der Waals surface area (Å²) in [5.74, 6) is 1.45. The minimum atomic E-state index is -0.600. The van der Waals surface area contributed by atoms with E-state index in [1.54, 1.807) is 6.08 Å². The van der Waals surface area contributed by atoms with Crippen molar-refractivity contribution in [2.75, 3.05) is 0 Å². The third kappa shape index (κ3) is 10.4. The molecule has 2 aliphatic carbocycles. The molecular weight excluding hydrogens is 496 g/mol. The van der Waals surface area contributed by atoms with E-state index in [1.165, 1.54) is 11.1 Å². The molecule has 0 bridgehead atoms. The molecule has 5 heteroatoms. The number of Topliss-reactive ketones (excluding diaryl/α,β-unsaturated/α-hetero) is 1. The van der Waals surface area contributed by atoms with Gasteiger partial charge in [0.25, 0.3) is 0 Å². The Morgan fingerprint density at radius 2 is 1.68 bits per heavy atom. The predicted octanol–water partition coefficient (Wildman–Crippen LogP) is 6.93. The van der Waals surface area contributed by atoms with Gasteiger partial charge in [0.05, 0.1) is 12.2 Å². The Morgan fingerprint density at radius 3 is 2.33 bits per heavy atom. The molecule has 0 radical (unpaired) electrons. The van der Waals surface area contributed by atoms with Crippen LogP contribution in [-0.2, 0) is 4.79 Å². The van der Waals surface area contributed by atoms with Gasteiger partial charge in [0, 0.05) is 23.9 Å². The third-order valence-electron chi connectivity index (χ3n) is 9.88. The third-order valence-corrected chi connectivity index (χ3v) is 9.88. The SMILES string of the molecule is C=CC(=C)[C@]1(N)CC(CCCC/C(C)=C/[C@@H](CC)C(=O)CCCC/C(C)=C/[C@@H]2CCC(O)[C@H](O)C2)[C@@H](N)C[C@H]1C. The summed E-state index contributed by atoms with van der Waals surface area (Å²) in [6.45, 7) is 16.7. The van der Waals surface area contributed by atoms with Crippen LogP contribution in [-0.4, -0.2) is 39.8 Å². The second-order valence-electron chi connectivity index (χ2n) is 13.2. The van der Waals surface area contributed by atoms with Crippen LogP contribution in [0.4, 0.5) is 0 Å². The number of carbonyl (C=O) groups excluding carboxylic acids is 1. The van der Waals surface area contributed by atoms with E-state index in [0.717, 1.165) is 76.2 Å². The molecule has 2 aliphatic rings. The zero-order chi connectivity index (χ0) is 29.9. The topological polar surface area (TPSA) is 110 Å². The van der Waals surface area contributed by atoms with Crippen LogP contribution in [0.15, 0.2) is 48.1 Å². The minimum Gasteiger partial charge on any atom is -0.390 e. The van der Waals surface area contributed by atoms with Gasteiger partial charge in [0.2, 0.25) is 0 Å². The van der Waals surface area contributed by atoms with E-state index in [2.05, 4.69) is 53.0 Å². The molecule has 2 unspecified atom stereocenters. The molecule has 0 amide bonds. The molecule has 0 aromatic heterocycles. The van der Waals surface area contributed by atoms with Gasteiger partial charge in [-0.25, -0.2) is 0 Å². The Bertz CT molecular complexity index is 893. The summed E-state index contributed by atoms with van der Waals surface area (Å²) < 4.78 is 0. The number of carbonyl (C=O) groups is 1. The second kappa shape index (κ2) is 16.8. The average molecular weight is 557 g/mol. The zero-order valence-corrected chi connectivity index (χ0v) is 26.0. The molecule has 2 rings (SSSR count). The summed E-state index contributed by atoms with van der Waals surface area (Å²) in [4.78, 5) is 12.9. The number of rotatable bonds is 16. The molecule has 0 saturated heterocycles. The van der Waals surface area contributed by atoms with Crippen molar-refractivity contribution >= 4 is 5.78 Å². The maximum Gasteiger partial charge on any atom is 0.139 e. The first-order valence-corrected chi connectivity index (χ1v) is 16.0. The average Bonchev–Trinajstić information content (AvgIpc) is 2.91. The van der Waals surface area contributed by atoms with Gasteiger partial charge in [0.15, 0.2) is 0 Å². The Morgan fingerprint density at radius 1 is 1.02 bits per heavy atom. The van der Waals surface area contributed by atoms with Gasteiger partial charge in [-0.05, 0) is 114 Å². The number of unbranched alkanes of at least 4 members (excludes halogenated alkanes) is 2. The van der Waals surface area contributed by atoms with Crippen molar-refractivity contribution in [1.29, 1.82) is 0 Å². The van der Waals surface area contributed by atoms with E-state index >= 15 is 0 Å². The van der Waals surface area contributed by atoms with Gasteiger partial charge in [0.1, 0.15) is 5.78 Å². The molecule has 6 N–H and O–H groups in total. The highest BCUT2D eigenvalue weighted by Gasteiger charge is 2.42. The standard InChI is InChI=1S/C35H60N2O3/c1-7-26(5)35(37)23-30(31(36)21-27(35)6)15-11-9-14-25(4)20-29(8-2)32(38)16-12-10-13-24(3)19-28-17-18-33(39)34(40)22-28/h7,19-20,27-31,33-34,39-40H,1,5,8-18,21-23,36-37H2,2-4,6H3/b24-19+,25-20+/t27-,28+,29-,30?,31+,33?,34-,35-/m1/s1. The Labute approximate surface area is 245 Å². The summed E-state index contributed by atoms with van der Waals surface area (Å²) in [6, 6.07) is 0.191. The number of nitrogens with two attached hydrogens (primary N) is 2. The lowest BCUT2D eigenvalue weighted by Crippen LogP contribution is -2.56. The molecule has 8 atom stereocenters.